The minimum atomic E-state index is 1.15. The van der Waals surface area contributed by atoms with Gasteiger partial charge in [-0.15, -0.1) is 0 Å². The van der Waals surface area contributed by atoms with E-state index in [0.29, 0.717) is 0 Å². The van der Waals surface area contributed by atoms with Gasteiger partial charge in [-0.3, -0.25) is 0 Å². The standard InChI is InChI=1S/C9H9Br/c1-2-5-8-6-3-4-7-9(8)10/h2-7H,1H3/b5-2+. The van der Waals surface area contributed by atoms with E-state index in [-0.39, 0.29) is 0 Å². The van der Waals surface area contributed by atoms with Crippen molar-refractivity contribution in [3.8, 4) is 0 Å². The Morgan fingerprint density at radius 3 is 2.60 bits per heavy atom. The van der Waals surface area contributed by atoms with Crippen LogP contribution in [0.15, 0.2) is 34.8 Å². The summed E-state index contributed by atoms with van der Waals surface area (Å²) in [4.78, 5) is 0. The van der Waals surface area contributed by atoms with Crippen molar-refractivity contribution in [1.82, 2.24) is 0 Å². The summed E-state index contributed by atoms with van der Waals surface area (Å²) in [6.07, 6.45) is 4.10. The molecule has 1 aromatic rings. The molecule has 52 valence electrons. The quantitative estimate of drug-likeness (QED) is 0.646. The Bertz CT molecular complexity index is 238. The first-order valence-corrected chi connectivity index (χ1v) is 4.01. The zero-order valence-electron chi connectivity index (χ0n) is 5.84. The molecule has 0 aliphatic carbocycles. The molecule has 0 aliphatic heterocycles. The van der Waals surface area contributed by atoms with Gasteiger partial charge in [0.05, 0.1) is 0 Å². The molecule has 0 bridgehead atoms. The molecule has 0 aromatic heterocycles. The number of hydrogen-bond donors (Lipinski definition) is 0. The van der Waals surface area contributed by atoms with E-state index in [1.54, 1.807) is 0 Å². The molecule has 0 aliphatic rings. The third kappa shape index (κ3) is 1.71. The smallest absolute Gasteiger partial charge is 0.0247 e. The topological polar surface area (TPSA) is 0 Å². The summed E-state index contributed by atoms with van der Waals surface area (Å²) in [7, 11) is 0. The van der Waals surface area contributed by atoms with E-state index >= 15 is 0 Å². The average Bonchev–Trinajstić information content (AvgIpc) is 1.94. The van der Waals surface area contributed by atoms with E-state index in [1.165, 1.54) is 5.56 Å². The van der Waals surface area contributed by atoms with Crippen molar-refractivity contribution in [2.24, 2.45) is 0 Å². The number of rotatable bonds is 1. The molecular weight excluding hydrogens is 188 g/mol. The van der Waals surface area contributed by atoms with Crippen LogP contribution in [0.5, 0.6) is 0 Å². The van der Waals surface area contributed by atoms with E-state index < -0.39 is 0 Å². The summed E-state index contributed by atoms with van der Waals surface area (Å²) in [6, 6.07) is 8.15. The minimum Gasteiger partial charge on any atom is -0.0870 e. The zero-order chi connectivity index (χ0) is 7.40. The van der Waals surface area contributed by atoms with Gasteiger partial charge in [-0.25, -0.2) is 0 Å². The first kappa shape index (κ1) is 7.55. The first-order chi connectivity index (χ1) is 4.84. The highest BCUT2D eigenvalue weighted by Gasteiger charge is 1.89. The Labute approximate surface area is 69.7 Å². The first-order valence-electron chi connectivity index (χ1n) is 3.22. The molecule has 0 atom stereocenters. The molecule has 0 saturated carbocycles. The summed E-state index contributed by atoms with van der Waals surface area (Å²) in [5.41, 5.74) is 1.23. The van der Waals surface area contributed by atoms with Gasteiger partial charge >= 0.3 is 0 Å². The highest BCUT2D eigenvalue weighted by atomic mass is 79.9. The van der Waals surface area contributed by atoms with Crippen LogP contribution in [0.4, 0.5) is 0 Å². The lowest BCUT2D eigenvalue weighted by Crippen LogP contribution is -1.71. The summed E-state index contributed by atoms with van der Waals surface area (Å²) < 4.78 is 1.15. The lowest BCUT2D eigenvalue weighted by molar-refractivity contribution is 1.59. The SMILES string of the molecule is C/C=C/c1ccccc1Br. The normalized spacial score (nSPS) is 10.6. The van der Waals surface area contributed by atoms with Crippen LogP contribution < -0.4 is 0 Å². The van der Waals surface area contributed by atoms with Gasteiger partial charge < -0.3 is 0 Å². The fourth-order valence-corrected chi connectivity index (χ4v) is 1.21. The third-order valence-corrected chi connectivity index (χ3v) is 1.97. The number of halogens is 1. The molecule has 0 unspecified atom stereocenters. The van der Waals surface area contributed by atoms with E-state index in [4.69, 9.17) is 0 Å². The molecule has 0 radical (unpaired) electrons. The summed E-state index contributed by atoms with van der Waals surface area (Å²) in [5.74, 6) is 0. The molecule has 1 rings (SSSR count). The van der Waals surface area contributed by atoms with E-state index in [9.17, 15) is 0 Å². The van der Waals surface area contributed by atoms with Crippen LogP contribution >= 0.6 is 15.9 Å². The highest BCUT2D eigenvalue weighted by Crippen LogP contribution is 2.16. The second-order valence-electron chi connectivity index (χ2n) is 2.02. The van der Waals surface area contributed by atoms with Crippen LogP contribution in [0.3, 0.4) is 0 Å². The Balaban J connectivity index is 3.03. The van der Waals surface area contributed by atoms with Crippen molar-refractivity contribution in [2.75, 3.05) is 0 Å². The van der Waals surface area contributed by atoms with Gasteiger partial charge in [0, 0.05) is 4.47 Å². The summed E-state index contributed by atoms with van der Waals surface area (Å²) in [5, 5.41) is 0. The molecule has 0 heterocycles. The van der Waals surface area contributed by atoms with E-state index in [1.807, 2.05) is 31.2 Å². The van der Waals surface area contributed by atoms with Gasteiger partial charge in [0.15, 0.2) is 0 Å². The third-order valence-electron chi connectivity index (χ3n) is 1.25. The van der Waals surface area contributed by atoms with E-state index in [0.717, 1.165) is 4.47 Å². The minimum absolute atomic E-state index is 1.15. The van der Waals surface area contributed by atoms with Crippen molar-refractivity contribution in [3.63, 3.8) is 0 Å². The highest BCUT2D eigenvalue weighted by molar-refractivity contribution is 9.10. The molecule has 0 spiro atoms. The number of hydrogen-bond acceptors (Lipinski definition) is 0. The molecule has 0 fully saturated rings. The van der Waals surface area contributed by atoms with Crippen molar-refractivity contribution >= 4 is 22.0 Å². The largest absolute Gasteiger partial charge is 0.0870 e. The number of allylic oxidation sites excluding steroid dienone is 1. The lowest BCUT2D eigenvalue weighted by atomic mass is 10.2. The van der Waals surface area contributed by atoms with Crippen LogP contribution in [0, 0.1) is 0 Å². The summed E-state index contributed by atoms with van der Waals surface area (Å²) in [6.45, 7) is 2.01. The maximum Gasteiger partial charge on any atom is 0.0247 e. The van der Waals surface area contributed by atoms with Crippen LogP contribution in [-0.2, 0) is 0 Å². The summed E-state index contributed by atoms with van der Waals surface area (Å²) >= 11 is 3.45. The van der Waals surface area contributed by atoms with E-state index in [2.05, 4.69) is 28.1 Å². The van der Waals surface area contributed by atoms with Crippen LogP contribution in [0.25, 0.3) is 6.08 Å². The van der Waals surface area contributed by atoms with Crippen molar-refractivity contribution in [3.05, 3.63) is 40.4 Å². The molecule has 1 aromatic carbocycles. The van der Waals surface area contributed by atoms with Gasteiger partial charge in [0.1, 0.15) is 0 Å². The Hall–Kier alpha value is -0.560. The van der Waals surface area contributed by atoms with Gasteiger partial charge in [-0.2, -0.15) is 0 Å². The second kappa shape index (κ2) is 3.57. The average molecular weight is 197 g/mol. The fourth-order valence-electron chi connectivity index (χ4n) is 0.790. The molecule has 1 heteroatoms. The van der Waals surface area contributed by atoms with Crippen molar-refractivity contribution in [1.29, 1.82) is 0 Å². The molecule has 0 saturated heterocycles. The second-order valence-corrected chi connectivity index (χ2v) is 2.88. The maximum atomic E-state index is 3.45. The van der Waals surface area contributed by atoms with Gasteiger partial charge in [0.2, 0.25) is 0 Å². The number of benzene rings is 1. The van der Waals surface area contributed by atoms with Gasteiger partial charge in [-0.05, 0) is 18.6 Å². The molecule has 0 nitrogen and oxygen atoms in total. The molecule has 0 amide bonds. The monoisotopic (exact) mass is 196 g/mol. The zero-order valence-corrected chi connectivity index (χ0v) is 7.43. The molecule has 0 N–H and O–H groups in total. The van der Waals surface area contributed by atoms with Crippen LogP contribution in [0.1, 0.15) is 12.5 Å². The van der Waals surface area contributed by atoms with Crippen LogP contribution in [-0.4, -0.2) is 0 Å². The fraction of sp³-hybridized carbons (Fsp3) is 0.111. The van der Waals surface area contributed by atoms with Gasteiger partial charge in [0.25, 0.3) is 0 Å². The van der Waals surface area contributed by atoms with Gasteiger partial charge in [-0.1, -0.05) is 46.3 Å². The van der Waals surface area contributed by atoms with Crippen molar-refractivity contribution < 1.29 is 0 Å². The lowest BCUT2D eigenvalue weighted by Gasteiger charge is -1.94. The molecular formula is C9H9Br. The Kier molecular flexibility index (Phi) is 2.69. The predicted molar refractivity (Wildman–Crippen MR) is 48.9 cm³/mol. The molecule has 10 heavy (non-hydrogen) atoms. The van der Waals surface area contributed by atoms with Crippen LogP contribution in [0.2, 0.25) is 0 Å². The van der Waals surface area contributed by atoms with Crippen molar-refractivity contribution in [2.45, 2.75) is 6.92 Å². The predicted octanol–water partition coefficient (Wildman–Crippen LogP) is 3.48. The Morgan fingerprint density at radius 2 is 2.00 bits per heavy atom. The maximum absolute atomic E-state index is 3.45. The Morgan fingerprint density at radius 1 is 1.30 bits per heavy atom.